The van der Waals surface area contributed by atoms with Gasteiger partial charge in [0, 0.05) is 21.8 Å². The zero-order valence-electron chi connectivity index (χ0n) is 9.73. The number of halogens is 3. The molecule has 0 aliphatic rings. The van der Waals surface area contributed by atoms with E-state index in [4.69, 9.17) is 23.2 Å². The molecule has 0 spiro atoms. The molecule has 8 heteroatoms. The fraction of sp³-hybridized carbons (Fsp3) is 0.182. The largest absolute Gasteiger partial charge is 0.336 e. The summed E-state index contributed by atoms with van der Waals surface area (Å²) < 4.78 is 1.00. The van der Waals surface area contributed by atoms with Crippen molar-refractivity contribution in [1.29, 1.82) is 0 Å². The summed E-state index contributed by atoms with van der Waals surface area (Å²) in [6.07, 6.45) is 0. The van der Waals surface area contributed by atoms with Gasteiger partial charge in [-0.2, -0.15) is 0 Å². The fourth-order valence-corrected chi connectivity index (χ4v) is 3.27. The van der Waals surface area contributed by atoms with Crippen LogP contribution in [0.3, 0.4) is 0 Å². The van der Waals surface area contributed by atoms with Gasteiger partial charge >= 0.3 is 0 Å². The first-order chi connectivity index (χ1) is 8.97. The van der Waals surface area contributed by atoms with Gasteiger partial charge < -0.3 is 4.90 Å². The smallest absolute Gasteiger partial charge is 0.257 e. The van der Waals surface area contributed by atoms with E-state index < -0.39 is 0 Å². The van der Waals surface area contributed by atoms with Crippen LogP contribution in [-0.4, -0.2) is 28.1 Å². The van der Waals surface area contributed by atoms with E-state index in [1.165, 1.54) is 6.07 Å². The molecule has 0 aromatic carbocycles. The molecule has 0 unspecified atom stereocenters. The van der Waals surface area contributed by atoms with Gasteiger partial charge in [-0.05, 0) is 28.1 Å². The van der Waals surface area contributed by atoms with E-state index in [-0.39, 0.29) is 21.8 Å². The van der Waals surface area contributed by atoms with Gasteiger partial charge in [0.1, 0.15) is 0 Å². The SMILES string of the molecule is CN(Cc1cc(Br)cs1)C(=O)c1cc(Cl)nnc1Cl. The summed E-state index contributed by atoms with van der Waals surface area (Å²) >= 11 is 16.5. The van der Waals surface area contributed by atoms with E-state index >= 15 is 0 Å². The zero-order valence-corrected chi connectivity index (χ0v) is 13.6. The Balaban J connectivity index is 2.16. The van der Waals surface area contributed by atoms with Crippen molar-refractivity contribution >= 4 is 56.4 Å². The summed E-state index contributed by atoms with van der Waals surface area (Å²) in [5.41, 5.74) is 0.250. The highest BCUT2D eigenvalue weighted by molar-refractivity contribution is 9.10. The number of aromatic nitrogens is 2. The summed E-state index contributed by atoms with van der Waals surface area (Å²) in [6, 6.07) is 3.38. The third kappa shape index (κ3) is 3.66. The van der Waals surface area contributed by atoms with Gasteiger partial charge in [-0.3, -0.25) is 4.79 Å². The van der Waals surface area contributed by atoms with Crippen molar-refractivity contribution in [2.75, 3.05) is 7.05 Å². The van der Waals surface area contributed by atoms with Gasteiger partial charge in [-0.1, -0.05) is 23.2 Å². The molecule has 0 aliphatic heterocycles. The molecule has 0 atom stereocenters. The van der Waals surface area contributed by atoms with Crippen LogP contribution >= 0.6 is 50.5 Å². The van der Waals surface area contributed by atoms with Crippen molar-refractivity contribution in [1.82, 2.24) is 15.1 Å². The fourth-order valence-electron chi connectivity index (χ4n) is 1.45. The van der Waals surface area contributed by atoms with Gasteiger partial charge in [-0.25, -0.2) is 0 Å². The maximum absolute atomic E-state index is 12.2. The first kappa shape index (κ1) is 14.7. The Morgan fingerprint density at radius 3 is 2.79 bits per heavy atom. The van der Waals surface area contributed by atoms with Crippen molar-refractivity contribution in [2.45, 2.75) is 6.54 Å². The number of nitrogens with zero attached hydrogens (tertiary/aromatic N) is 3. The molecule has 0 aliphatic carbocycles. The quantitative estimate of drug-likeness (QED) is 0.811. The molecule has 1 amide bonds. The molecule has 2 aromatic heterocycles. The van der Waals surface area contributed by atoms with Crippen molar-refractivity contribution in [3.05, 3.63) is 42.7 Å². The topological polar surface area (TPSA) is 46.1 Å². The number of hydrogen-bond acceptors (Lipinski definition) is 4. The number of hydrogen-bond donors (Lipinski definition) is 0. The van der Waals surface area contributed by atoms with E-state index in [0.717, 1.165) is 9.35 Å². The minimum atomic E-state index is -0.244. The third-order valence-corrected chi connectivity index (χ3v) is 4.46. The van der Waals surface area contributed by atoms with Crippen molar-refractivity contribution in [3.8, 4) is 0 Å². The second-order valence-corrected chi connectivity index (χ2v) is 6.42. The molecule has 4 nitrogen and oxygen atoms in total. The highest BCUT2D eigenvalue weighted by atomic mass is 79.9. The lowest BCUT2D eigenvalue weighted by molar-refractivity contribution is 0.0786. The molecule has 0 bridgehead atoms. The van der Waals surface area contributed by atoms with Gasteiger partial charge in [0.2, 0.25) is 0 Å². The van der Waals surface area contributed by atoms with E-state index in [0.29, 0.717) is 6.54 Å². The van der Waals surface area contributed by atoms with Crippen LogP contribution in [0.25, 0.3) is 0 Å². The Bertz CT molecular complexity index is 620. The van der Waals surface area contributed by atoms with Crippen LogP contribution in [0.5, 0.6) is 0 Å². The second kappa shape index (κ2) is 6.17. The van der Waals surface area contributed by atoms with Crippen molar-refractivity contribution < 1.29 is 4.79 Å². The number of carbonyl (C=O) groups excluding carboxylic acids is 1. The lowest BCUT2D eigenvalue weighted by Crippen LogP contribution is -2.26. The third-order valence-electron chi connectivity index (χ3n) is 2.31. The standard InChI is InChI=1S/C11H8BrCl2N3OS/c1-17(4-7-2-6(12)5-19-7)11(18)8-3-9(13)15-16-10(8)14/h2-3,5H,4H2,1H3. The highest BCUT2D eigenvalue weighted by Crippen LogP contribution is 2.22. The minimum absolute atomic E-state index is 0.0496. The van der Waals surface area contributed by atoms with E-state index in [9.17, 15) is 4.79 Å². The molecule has 0 N–H and O–H groups in total. The predicted octanol–water partition coefficient (Wildman–Crippen LogP) is 3.88. The summed E-state index contributed by atoms with van der Waals surface area (Å²) in [5.74, 6) is -0.244. The molecule has 19 heavy (non-hydrogen) atoms. The molecule has 2 heterocycles. The molecule has 0 fully saturated rings. The van der Waals surface area contributed by atoms with Gasteiger partial charge in [-0.15, -0.1) is 21.5 Å². The summed E-state index contributed by atoms with van der Waals surface area (Å²) in [5, 5.41) is 9.35. The minimum Gasteiger partial charge on any atom is -0.336 e. The van der Waals surface area contributed by atoms with Crippen LogP contribution in [0, 0.1) is 0 Å². The predicted molar refractivity (Wildman–Crippen MR) is 79.9 cm³/mol. The molecular formula is C11H8BrCl2N3OS. The number of rotatable bonds is 3. The summed E-state index contributed by atoms with van der Waals surface area (Å²) in [4.78, 5) is 14.9. The summed E-state index contributed by atoms with van der Waals surface area (Å²) in [6.45, 7) is 0.491. The van der Waals surface area contributed by atoms with Crippen LogP contribution in [0.4, 0.5) is 0 Å². The maximum Gasteiger partial charge on any atom is 0.257 e. The normalized spacial score (nSPS) is 10.5. The molecule has 0 saturated carbocycles. The van der Waals surface area contributed by atoms with Gasteiger partial charge in [0.25, 0.3) is 5.91 Å². The monoisotopic (exact) mass is 379 g/mol. The Labute approximate surface area is 132 Å². The average molecular weight is 381 g/mol. The van der Waals surface area contributed by atoms with E-state index in [2.05, 4.69) is 26.1 Å². The first-order valence-corrected chi connectivity index (χ1v) is 7.57. The Kier molecular flexibility index (Phi) is 4.78. The lowest BCUT2D eigenvalue weighted by atomic mass is 10.2. The van der Waals surface area contributed by atoms with Gasteiger partial charge in [0.05, 0.1) is 12.1 Å². The Hall–Kier alpha value is -0.690. The Morgan fingerprint density at radius 2 is 2.16 bits per heavy atom. The molecule has 0 radical (unpaired) electrons. The van der Waals surface area contributed by atoms with Crippen LogP contribution in [0.15, 0.2) is 22.0 Å². The average Bonchev–Trinajstić information content (AvgIpc) is 2.77. The van der Waals surface area contributed by atoms with E-state index in [1.807, 2.05) is 11.4 Å². The van der Waals surface area contributed by atoms with Crippen LogP contribution in [0.2, 0.25) is 10.3 Å². The van der Waals surface area contributed by atoms with Gasteiger partial charge in [0.15, 0.2) is 10.3 Å². The number of carbonyl (C=O) groups is 1. The van der Waals surface area contributed by atoms with Crippen molar-refractivity contribution in [2.24, 2.45) is 0 Å². The highest BCUT2D eigenvalue weighted by Gasteiger charge is 2.18. The molecule has 2 rings (SSSR count). The number of amides is 1. The molecule has 0 saturated heterocycles. The first-order valence-electron chi connectivity index (χ1n) is 5.14. The van der Waals surface area contributed by atoms with Crippen LogP contribution < -0.4 is 0 Å². The second-order valence-electron chi connectivity index (χ2n) is 3.76. The van der Waals surface area contributed by atoms with Crippen molar-refractivity contribution in [3.63, 3.8) is 0 Å². The zero-order chi connectivity index (χ0) is 14.0. The Morgan fingerprint density at radius 1 is 1.42 bits per heavy atom. The molecular weight excluding hydrogens is 373 g/mol. The molecule has 100 valence electrons. The number of thiophene rings is 1. The van der Waals surface area contributed by atoms with Crippen LogP contribution in [-0.2, 0) is 6.54 Å². The summed E-state index contributed by atoms with van der Waals surface area (Å²) in [7, 11) is 1.70. The van der Waals surface area contributed by atoms with Crippen LogP contribution in [0.1, 0.15) is 15.2 Å². The molecule has 2 aromatic rings. The van der Waals surface area contributed by atoms with E-state index in [1.54, 1.807) is 23.3 Å². The maximum atomic E-state index is 12.2. The lowest BCUT2D eigenvalue weighted by Gasteiger charge is -2.16.